The highest BCUT2D eigenvalue weighted by Gasteiger charge is 2.27. The Morgan fingerprint density at radius 2 is 2.00 bits per heavy atom. The molecule has 0 aromatic carbocycles. The summed E-state index contributed by atoms with van der Waals surface area (Å²) in [6.45, 7) is 4.67. The van der Waals surface area contributed by atoms with Crippen LogP contribution in [0.2, 0.25) is 0 Å². The van der Waals surface area contributed by atoms with Crippen LogP contribution in [-0.4, -0.2) is 13.7 Å². The second kappa shape index (κ2) is 4.43. The molecule has 0 bridgehead atoms. The number of ether oxygens (including phenoxy) is 1. The van der Waals surface area contributed by atoms with Gasteiger partial charge in [-0.2, -0.15) is 0 Å². The highest BCUT2D eigenvalue weighted by Crippen LogP contribution is 2.33. The van der Waals surface area contributed by atoms with Gasteiger partial charge in [0.15, 0.2) is 0 Å². The van der Waals surface area contributed by atoms with Gasteiger partial charge in [0.25, 0.3) is 0 Å². The van der Waals surface area contributed by atoms with Crippen molar-refractivity contribution >= 4 is 23.2 Å². The standard InChI is InChI=1S/C9H14Cl2N2O/c1-9(2,5-14-3)6-4-7(10)12-13-8(6)11/h4,12-13H,5H2,1-3H3. The summed E-state index contributed by atoms with van der Waals surface area (Å²) in [6.07, 6.45) is 1.80. The van der Waals surface area contributed by atoms with E-state index < -0.39 is 0 Å². The van der Waals surface area contributed by atoms with Crippen molar-refractivity contribution in [3.63, 3.8) is 0 Å². The van der Waals surface area contributed by atoms with E-state index in [4.69, 9.17) is 27.9 Å². The third-order valence-electron chi connectivity index (χ3n) is 2.03. The summed E-state index contributed by atoms with van der Waals surface area (Å²) in [7, 11) is 1.66. The van der Waals surface area contributed by atoms with Gasteiger partial charge in [0.1, 0.15) is 10.3 Å². The van der Waals surface area contributed by atoms with E-state index in [2.05, 4.69) is 10.9 Å². The van der Waals surface area contributed by atoms with E-state index in [1.165, 1.54) is 0 Å². The molecular weight excluding hydrogens is 223 g/mol. The molecule has 80 valence electrons. The molecule has 0 aromatic rings. The van der Waals surface area contributed by atoms with Crippen LogP contribution < -0.4 is 10.9 Å². The lowest BCUT2D eigenvalue weighted by molar-refractivity contribution is 0.127. The topological polar surface area (TPSA) is 33.3 Å². The zero-order valence-electron chi connectivity index (χ0n) is 8.45. The number of methoxy groups -OCH3 is 1. The van der Waals surface area contributed by atoms with Crippen molar-refractivity contribution in [1.82, 2.24) is 10.9 Å². The van der Waals surface area contributed by atoms with Crippen LogP contribution in [0.5, 0.6) is 0 Å². The van der Waals surface area contributed by atoms with Gasteiger partial charge in [0, 0.05) is 12.5 Å². The SMILES string of the molecule is COCC(C)(C)C1=C(Cl)NNC(Cl)=C1. The second-order valence-corrected chi connectivity index (χ2v) is 4.57. The molecule has 1 aliphatic heterocycles. The summed E-state index contributed by atoms with van der Waals surface area (Å²) in [4.78, 5) is 0. The minimum absolute atomic E-state index is 0.166. The van der Waals surface area contributed by atoms with Crippen LogP contribution in [0, 0.1) is 5.41 Å². The first-order valence-corrected chi connectivity index (χ1v) is 5.01. The van der Waals surface area contributed by atoms with Crippen LogP contribution in [0.3, 0.4) is 0 Å². The number of allylic oxidation sites excluding steroid dienone is 1. The fourth-order valence-electron chi connectivity index (χ4n) is 1.34. The maximum Gasteiger partial charge on any atom is 0.124 e. The Labute approximate surface area is 94.1 Å². The van der Waals surface area contributed by atoms with Crippen LogP contribution in [0.25, 0.3) is 0 Å². The smallest absolute Gasteiger partial charge is 0.124 e. The lowest BCUT2D eigenvalue weighted by Crippen LogP contribution is -2.34. The van der Waals surface area contributed by atoms with Gasteiger partial charge in [-0.15, -0.1) is 0 Å². The number of rotatable bonds is 3. The molecule has 1 rings (SSSR count). The van der Waals surface area contributed by atoms with E-state index in [1.807, 2.05) is 13.8 Å². The molecule has 0 amide bonds. The number of hydrazine groups is 1. The van der Waals surface area contributed by atoms with Crippen molar-refractivity contribution in [2.45, 2.75) is 13.8 Å². The molecule has 1 heterocycles. The highest BCUT2D eigenvalue weighted by atomic mass is 35.5. The van der Waals surface area contributed by atoms with Crippen molar-refractivity contribution in [2.75, 3.05) is 13.7 Å². The number of halogens is 2. The second-order valence-electron chi connectivity index (χ2n) is 3.79. The van der Waals surface area contributed by atoms with Gasteiger partial charge in [-0.3, -0.25) is 10.9 Å². The zero-order valence-corrected chi connectivity index (χ0v) is 9.96. The molecule has 0 fully saturated rings. The Morgan fingerprint density at radius 1 is 1.36 bits per heavy atom. The Hall–Kier alpha value is -0.380. The molecule has 0 spiro atoms. The molecule has 0 saturated heterocycles. The van der Waals surface area contributed by atoms with Gasteiger partial charge in [0.05, 0.1) is 6.61 Å². The lowest BCUT2D eigenvalue weighted by atomic mass is 9.85. The molecule has 0 aromatic heterocycles. The first kappa shape index (κ1) is 11.7. The number of nitrogens with one attached hydrogen (secondary N) is 2. The summed E-state index contributed by atoms with van der Waals surface area (Å²) >= 11 is 11.9. The Bertz CT molecular complexity index is 285. The summed E-state index contributed by atoms with van der Waals surface area (Å²) in [5, 5.41) is 1.07. The fourth-order valence-corrected chi connectivity index (χ4v) is 1.85. The lowest BCUT2D eigenvalue weighted by Gasteiger charge is -2.29. The van der Waals surface area contributed by atoms with Crippen molar-refractivity contribution < 1.29 is 4.74 Å². The molecule has 0 unspecified atom stereocenters. The summed E-state index contributed by atoms with van der Waals surface area (Å²) in [6, 6.07) is 0. The fraction of sp³-hybridized carbons (Fsp3) is 0.556. The van der Waals surface area contributed by atoms with Crippen LogP contribution in [0.1, 0.15) is 13.8 Å². The van der Waals surface area contributed by atoms with Crippen molar-refractivity contribution in [1.29, 1.82) is 0 Å². The molecule has 0 radical (unpaired) electrons. The van der Waals surface area contributed by atoms with E-state index in [-0.39, 0.29) is 5.41 Å². The van der Waals surface area contributed by atoms with Crippen LogP contribution in [0.15, 0.2) is 22.0 Å². The van der Waals surface area contributed by atoms with Crippen molar-refractivity contribution in [3.8, 4) is 0 Å². The average Bonchev–Trinajstić information content (AvgIpc) is 2.09. The minimum atomic E-state index is -0.166. The molecule has 1 aliphatic rings. The minimum Gasteiger partial charge on any atom is -0.384 e. The third-order valence-corrected chi connectivity index (χ3v) is 2.54. The van der Waals surface area contributed by atoms with Crippen LogP contribution in [0.4, 0.5) is 0 Å². The number of hydrogen-bond acceptors (Lipinski definition) is 3. The Balaban J connectivity index is 2.95. The predicted octanol–water partition coefficient (Wildman–Crippen LogP) is 2.30. The predicted molar refractivity (Wildman–Crippen MR) is 58.7 cm³/mol. The van der Waals surface area contributed by atoms with Gasteiger partial charge in [0.2, 0.25) is 0 Å². The summed E-state index contributed by atoms with van der Waals surface area (Å²) in [5.41, 5.74) is 6.28. The van der Waals surface area contributed by atoms with Crippen molar-refractivity contribution in [3.05, 3.63) is 22.0 Å². The molecule has 0 saturated carbocycles. The van der Waals surface area contributed by atoms with Gasteiger partial charge in [-0.05, 0) is 11.6 Å². The van der Waals surface area contributed by atoms with Gasteiger partial charge in [-0.1, -0.05) is 37.0 Å². The Morgan fingerprint density at radius 3 is 2.57 bits per heavy atom. The molecule has 3 nitrogen and oxygen atoms in total. The third kappa shape index (κ3) is 2.56. The van der Waals surface area contributed by atoms with Crippen LogP contribution >= 0.6 is 23.2 Å². The summed E-state index contributed by atoms with van der Waals surface area (Å²) < 4.78 is 5.13. The van der Waals surface area contributed by atoms with Gasteiger partial charge in [-0.25, -0.2) is 0 Å². The normalized spacial score (nSPS) is 17.4. The largest absolute Gasteiger partial charge is 0.384 e. The molecule has 14 heavy (non-hydrogen) atoms. The monoisotopic (exact) mass is 236 g/mol. The van der Waals surface area contributed by atoms with E-state index >= 15 is 0 Å². The van der Waals surface area contributed by atoms with E-state index in [0.717, 1.165) is 5.57 Å². The maximum atomic E-state index is 6.02. The maximum absolute atomic E-state index is 6.02. The van der Waals surface area contributed by atoms with Gasteiger partial charge >= 0.3 is 0 Å². The Kier molecular flexibility index (Phi) is 3.70. The molecule has 0 atom stereocenters. The summed E-state index contributed by atoms with van der Waals surface area (Å²) in [5.74, 6) is 0. The molecular formula is C9H14Cl2N2O. The van der Waals surface area contributed by atoms with Crippen molar-refractivity contribution in [2.24, 2.45) is 5.41 Å². The number of hydrogen-bond donors (Lipinski definition) is 2. The zero-order chi connectivity index (χ0) is 10.8. The first-order chi connectivity index (χ1) is 6.47. The molecule has 5 heteroatoms. The van der Waals surface area contributed by atoms with Crippen LogP contribution in [-0.2, 0) is 4.74 Å². The highest BCUT2D eigenvalue weighted by molar-refractivity contribution is 6.32. The van der Waals surface area contributed by atoms with E-state index in [9.17, 15) is 0 Å². The molecule has 0 aliphatic carbocycles. The van der Waals surface area contributed by atoms with E-state index in [0.29, 0.717) is 16.9 Å². The van der Waals surface area contributed by atoms with E-state index in [1.54, 1.807) is 13.2 Å². The van der Waals surface area contributed by atoms with Gasteiger partial charge < -0.3 is 4.74 Å². The first-order valence-electron chi connectivity index (χ1n) is 4.26. The molecule has 2 N–H and O–H groups in total. The quantitative estimate of drug-likeness (QED) is 0.739. The average molecular weight is 237 g/mol.